The average molecular weight is 479 g/mol. The van der Waals surface area contributed by atoms with Crippen LogP contribution in [0.4, 0.5) is 22.0 Å². The standard InChI is InChI=1S/C21H23F5NO4P/c22-17-5-3-14(11-18(17)23)2-1-9-30-19-6-4-15(10-16(19)21(24,25)26)7-8-20(27,12-28)13-31-32-29/h3-6,10-11,28H,1-2,7-9,12-13,27H2. The van der Waals surface area contributed by atoms with Gasteiger partial charge in [0, 0.05) is 0 Å². The number of aliphatic hydroxyl groups is 1. The van der Waals surface area contributed by atoms with Gasteiger partial charge >= 0.3 is 14.9 Å². The minimum atomic E-state index is -4.66. The Bertz CT molecular complexity index is 912. The zero-order chi connectivity index (χ0) is 23.8. The average Bonchev–Trinajstić information content (AvgIpc) is 2.76. The van der Waals surface area contributed by atoms with Crippen LogP contribution in [-0.4, -0.2) is 30.5 Å². The van der Waals surface area contributed by atoms with Crippen molar-refractivity contribution in [2.75, 3.05) is 19.8 Å². The van der Waals surface area contributed by atoms with Gasteiger partial charge in [-0.3, -0.25) is 4.52 Å². The van der Waals surface area contributed by atoms with Gasteiger partial charge in [0.15, 0.2) is 11.6 Å². The van der Waals surface area contributed by atoms with E-state index in [0.29, 0.717) is 24.0 Å². The Hall–Kier alpha value is -2.13. The summed E-state index contributed by atoms with van der Waals surface area (Å²) in [7, 11) is -0.609. The summed E-state index contributed by atoms with van der Waals surface area (Å²) in [6, 6.07) is 7.06. The van der Waals surface area contributed by atoms with Crippen LogP contribution in [-0.2, 0) is 28.1 Å². The Balaban J connectivity index is 2.01. The summed E-state index contributed by atoms with van der Waals surface area (Å²) in [4.78, 5) is 0. The van der Waals surface area contributed by atoms with E-state index in [4.69, 9.17) is 10.5 Å². The van der Waals surface area contributed by atoms with Gasteiger partial charge in [0.25, 0.3) is 0 Å². The molecule has 2 aromatic rings. The highest BCUT2D eigenvalue weighted by atomic mass is 31.1. The SMILES string of the molecule is NC(CO)(CCc1ccc(OCCCc2ccc(F)c(F)c2)c(C(F)(F)F)c1)COP=O. The number of alkyl halides is 3. The van der Waals surface area contributed by atoms with Crippen LogP contribution in [0.25, 0.3) is 0 Å². The summed E-state index contributed by atoms with van der Waals surface area (Å²) in [5.74, 6) is -2.30. The molecule has 1 unspecified atom stereocenters. The molecule has 0 aliphatic carbocycles. The summed E-state index contributed by atoms with van der Waals surface area (Å²) in [6.45, 7) is -0.767. The van der Waals surface area contributed by atoms with Gasteiger partial charge in [-0.2, -0.15) is 13.2 Å². The highest BCUT2D eigenvalue weighted by molar-refractivity contribution is 7.17. The molecule has 0 saturated heterocycles. The number of hydrogen-bond acceptors (Lipinski definition) is 5. The van der Waals surface area contributed by atoms with Crippen LogP contribution < -0.4 is 10.5 Å². The lowest BCUT2D eigenvalue weighted by molar-refractivity contribution is -0.139. The number of aliphatic hydroxyl groups excluding tert-OH is 1. The first kappa shape index (κ1) is 26.1. The third-order valence-corrected chi connectivity index (χ3v) is 5.07. The number of hydrogen-bond donors (Lipinski definition) is 2. The molecule has 176 valence electrons. The van der Waals surface area contributed by atoms with Crippen molar-refractivity contribution in [1.29, 1.82) is 0 Å². The third kappa shape index (κ3) is 7.78. The fourth-order valence-electron chi connectivity index (χ4n) is 2.98. The van der Waals surface area contributed by atoms with Gasteiger partial charge < -0.3 is 15.6 Å². The van der Waals surface area contributed by atoms with Crippen LogP contribution in [0.15, 0.2) is 36.4 Å². The van der Waals surface area contributed by atoms with E-state index in [2.05, 4.69) is 4.52 Å². The van der Waals surface area contributed by atoms with Crippen LogP contribution in [0.2, 0.25) is 0 Å². The normalized spacial score (nSPS) is 13.8. The highest BCUT2D eigenvalue weighted by Crippen LogP contribution is 2.37. The maximum atomic E-state index is 13.5. The van der Waals surface area contributed by atoms with E-state index in [1.807, 2.05) is 0 Å². The van der Waals surface area contributed by atoms with Gasteiger partial charge in [-0.05, 0) is 61.1 Å². The van der Waals surface area contributed by atoms with Crippen molar-refractivity contribution in [2.24, 2.45) is 5.73 Å². The fraction of sp³-hybridized carbons (Fsp3) is 0.429. The van der Waals surface area contributed by atoms with E-state index in [0.717, 1.165) is 18.2 Å². The summed E-state index contributed by atoms with van der Waals surface area (Å²) < 4.78 is 87.1. The summed E-state index contributed by atoms with van der Waals surface area (Å²) in [5, 5.41) is 9.40. The zero-order valence-electron chi connectivity index (χ0n) is 17.0. The molecule has 0 saturated carbocycles. The lowest BCUT2D eigenvalue weighted by Gasteiger charge is -2.25. The van der Waals surface area contributed by atoms with Crippen LogP contribution in [0.5, 0.6) is 5.75 Å². The van der Waals surface area contributed by atoms with E-state index in [1.165, 1.54) is 18.2 Å². The minimum Gasteiger partial charge on any atom is -0.493 e. The first-order valence-electron chi connectivity index (χ1n) is 9.69. The van der Waals surface area contributed by atoms with Crippen LogP contribution in [0.1, 0.15) is 29.5 Å². The maximum Gasteiger partial charge on any atom is 0.419 e. The second-order valence-electron chi connectivity index (χ2n) is 7.40. The number of aryl methyl sites for hydroxylation is 2. The van der Waals surface area contributed by atoms with Crippen molar-refractivity contribution in [3.63, 3.8) is 0 Å². The lowest BCUT2D eigenvalue weighted by Crippen LogP contribution is -2.47. The van der Waals surface area contributed by atoms with Gasteiger partial charge in [-0.25, -0.2) is 13.3 Å². The molecule has 2 rings (SSSR count). The molecule has 0 aliphatic rings. The smallest absolute Gasteiger partial charge is 0.419 e. The van der Waals surface area contributed by atoms with Crippen molar-refractivity contribution in [2.45, 2.75) is 37.4 Å². The second kappa shape index (κ2) is 11.7. The molecule has 0 aromatic heterocycles. The van der Waals surface area contributed by atoms with Gasteiger partial charge in [-0.15, -0.1) is 0 Å². The zero-order valence-corrected chi connectivity index (χ0v) is 17.9. The van der Waals surface area contributed by atoms with Crippen LogP contribution >= 0.6 is 8.69 Å². The summed E-state index contributed by atoms with van der Waals surface area (Å²) >= 11 is 0. The molecule has 0 heterocycles. The molecule has 32 heavy (non-hydrogen) atoms. The molecule has 3 N–H and O–H groups in total. The number of ether oxygens (including phenoxy) is 1. The Morgan fingerprint density at radius 1 is 1.00 bits per heavy atom. The largest absolute Gasteiger partial charge is 0.493 e. The van der Waals surface area contributed by atoms with Gasteiger partial charge in [0.1, 0.15) is 5.75 Å². The summed E-state index contributed by atoms with van der Waals surface area (Å²) in [6.07, 6.45) is -3.83. The van der Waals surface area contributed by atoms with E-state index in [-0.39, 0.29) is 31.8 Å². The molecule has 1 atom stereocenters. The van der Waals surface area contributed by atoms with Crippen molar-refractivity contribution >= 4 is 8.69 Å². The van der Waals surface area contributed by atoms with Crippen molar-refractivity contribution in [1.82, 2.24) is 0 Å². The summed E-state index contributed by atoms with van der Waals surface area (Å²) in [5.41, 5.74) is 4.56. The number of rotatable bonds is 12. The first-order chi connectivity index (χ1) is 15.1. The van der Waals surface area contributed by atoms with Gasteiger partial charge in [0.2, 0.25) is 0 Å². The van der Waals surface area contributed by atoms with Gasteiger partial charge in [-0.1, -0.05) is 12.1 Å². The molecular formula is C21H23F5NO4P. The maximum absolute atomic E-state index is 13.5. The predicted octanol–water partition coefficient (Wildman–Crippen LogP) is 4.84. The molecule has 0 amide bonds. The van der Waals surface area contributed by atoms with E-state index >= 15 is 0 Å². The molecular weight excluding hydrogens is 456 g/mol. The lowest BCUT2D eigenvalue weighted by atomic mass is 9.93. The Morgan fingerprint density at radius 3 is 2.31 bits per heavy atom. The number of benzene rings is 2. The second-order valence-corrected chi connectivity index (χ2v) is 7.80. The monoisotopic (exact) mass is 479 g/mol. The van der Waals surface area contributed by atoms with Gasteiger partial charge in [0.05, 0.1) is 30.9 Å². The molecule has 0 spiro atoms. The topological polar surface area (TPSA) is 81.8 Å². The number of nitrogens with two attached hydrogens (primary N) is 1. The van der Waals surface area contributed by atoms with E-state index in [1.54, 1.807) is 0 Å². The molecule has 0 radical (unpaired) electrons. The molecule has 2 aromatic carbocycles. The Labute approximate surface area is 183 Å². The van der Waals surface area contributed by atoms with Crippen molar-refractivity contribution in [3.05, 3.63) is 64.7 Å². The van der Waals surface area contributed by atoms with E-state index in [9.17, 15) is 31.6 Å². The molecule has 5 nitrogen and oxygen atoms in total. The Morgan fingerprint density at radius 2 is 1.69 bits per heavy atom. The molecule has 11 heteroatoms. The van der Waals surface area contributed by atoms with Crippen molar-refractivity contribution < 1.29 is 40.9 Å². The first-order valence-corrected chi connectivity index (χ1v) is 10.4. The molecule has 0 aliphatic heterocycles. The Kier molecular flexibility index (Phi) is 9.51. The quantitative estimate of drug-likeness (QED) is 0.259. The molecule has 0 fully saturated rings. The molecule has 0 bridgehead atoms. The fourth-order valence-corrected chi connectivity index (χ4v) is 3.29. The van der Waals surface area contributed by atoms with Crippen molar-refractivity contribution in [3.8, 4) is 5.75 Å². The minimum absolute atomic E-state index is 0.0520. The van der Waals surface area contributed by atoms with Crippen LogP contribution in [0, 0.1) is 11.6 Å². The predicted molar refractivity (Wildman–Crippen MR) is 108 cm³/mol. The highest BCUT2D eigenvalue weighted by Gasteiger charge is 2.35. The van der Waals surface area contributed by atoms with Crippen LogP contribution in [0.3, 0.4) is 0 Å². The number of halogens is 5. The third-order valence-electron chi connectivity index (χ3n) is 4.83. The van der Waals surface area contributed by atoms with E-state index < -0.39 is 44.2 Å².